The highest BCUT2D eigenvalue weighted by atomic mass is 16.6. The van der Waals surface area contributed by atoms with Crippen molar-refractivity contribution in [3.63, 3.8) is 0 Å². The monoisotopic (exact) mass is 421 g/mol. The zero-order valence-corrected chi connectivity index (χ0v) is 16.9. The number of hydrogen-bond acceptors (Lipinski definition) is 6. The van der Waals surface area contributed by atoms with Crippen LogP contribution < -0.4 is 10.2 Å². The Bertz CT molecular complexity index is 1010. The summed E-state index contributed by atoms with van der Waals surface area (Å²) in [5, 5.41) is 17.9. The standard InChI is InChI=1S/C21H23N7O3/c29-21(23-13-17-1-3-18(4-2-17)14-27-16-22-15-24-27)26-11-9-25(10-12-26)19-5-7-20(8-6-19)28(30)31/h1-8,15-16H,9-14H2,(H,23,29). The average molecular weight is 421 g/mol. The van der Waals surface area contributed by atoms with Crippen molar-refractivity contribution in [3.05, 3.63) is 82.4 Å². The smallest absolute Gasteiger partial charge is 0.317 e. The van der Waals surface area contributed by atoms with Crippen LogP contribution in [0.3, 0.4) is 0 Å². The molecule has 0 aliphatic carbocycles. The van der Waals surface area contributed by atoms with Gasteiger partial charge >= 0.3 is 6.03 Å². The summed E-state index contributed by atoms with van der Waals surface area (Å²) >= 11 is 0. The van der Waals surface area contributed by atoms with Gasteiger partial charge in [-0.05, 0) is 23.3 Å². The van der Waals surface area contributed by atoms with Gasteiger partial charge in [-0.3, -0.25) is 10.1 Å². The topological polar surface area (TPSA) is 109 Å². The molecule has 0 saturated carbocycles. The molecule has 4 rings (SSSR count). The molecule has 1 aliphatic heterocycles. The quantitative estimate of drug-likeness (QED) is 0.483. The Morgan fingerprint density at radius 1 is 1.00 bits per heavy atom. The number of nitrogens with zero attached hydrogens (tertiary/aromatic N) is 6. The third-order valence-corrected chi connectivity index (χ3v) is 5.27. The number of amides is 2. The van der Waals surface area contributed by atoms with E-state index in [0.29, 0.717) is 39.3 Å². The maximum atomic E-state index is 12.5. The normalized spacial score (nSPS) is 13.8. The first-order chi connectivity index (χ1) is 15.1. The number of nitro benzene ring substituents is 1. The molecule has 2 heterocycles. The van der Waals surface area contributed by atoms with E-state index in [-0.39, 0.29) is 11.7 Å². The minimum absolute atomic E-state index is 0.0770. The summed E-state index contributed by atoms with van der Waals surface area (Å²) in [5.41, 5.74) is 3.15. The second-order valence-electron chi connectivity index (χ2n) is 7.32. The molecule has 1 saturated heterocycles. The number of anilines is 1. The third kappa shape index (κ3) is 5.16. The number of hydrogen-bond donors (Lipinski definition) is 1. The summed E-state index contributed by atoms with van der Waals surface area (Å²) in [7, 11) is 0. The summed E-state index contributed by atoms with van der Waals surface area (Å²) in [5.74, 6) is 0. The molecule has 160 valence electrons. The molecule has 2 amide bonds. The minimum atomic E-state index is -0.406. The van der Waals surface area contributed by atoms with Gasteiger partial charge in [-0.1, -0.05) is 24.3 Å². The lowest BCUT2D eigenvalue weighted by Crippen LogP contribution is -2.51. The van der Waals surface area contributed by atoms with E-state index >= 15 is 0 Å². The molecule has 1 fully saturated rings. The van der Waals surface area contributed by atoms with Gasteiger partial charge in [0.1, 0.15) is 12.7 Å². The predicted octanol–water partition coefficient (Wildman–Crippen LogP) is 2.27. The Morgan fingerprint density at radius 3 is 2.29 bits per heavy atom. The van der Waals surface area contributed by atoms with Crippen molar-refractivity contribution >= 4 is 17.4 Å². The maximum Gasteiger partial charge on any atom is 0.317 e. The largest absolute Gasteiger partial charge is 0.368 e. The van der Waals surface area contributed by atoms with Crippen LogP contribution in [0.2, 0.25) is 0 Å². The van der Waals surface area contributed by atoms with Crippen LogP contribution in [0.15, 0.2) is 61.2 Å². The van der Waals surface area contributed by atoms with Gasteiger partial charge in [0.25, 0.3) is 5.69 Å². The Balaban J connectivity index is 1.23. The van der Waals surface area contributed by atoms with E-state index in [0.717, 1.165) is 16.8 Å². The molecule has 1 aliphatic rings. The number of piperazine rings is 1. The van der Waals surface area contributed by atoms with E-state index in [9.17, 15) is 14.9 Å². The number of aromatic nitrogens is 3. The minimum Gasteiger partial charge on any atom is -0.368 e. The van der Waals surface area contributed by atoms with Gasteiger partial charge in [-0.15, -0.1) is 0 Å². The van der Waals surface area contributed by atoms with Crippen molar-refractivity contribution < 1.29 is 9.72 Å². The second kappa shape index (κ2) is 9.24. The van der Waals surface area contributed by atoms with Crippen LogP contribution in [0.25, 0.3) is 0 Å². The zero-order valence-electron chi connectivity index (χ0n) is 16.9. The zero-order chi connectivity index (χ0) is 21.6. The van der Waals surface area contributed by atoms with Gasteiger partial charge in [0.15, 0.2) is 0 Å². The van der Waals surface area contributed by atoms with Crippen molar-refractivity contribution in [2.45, 2.75) is 13.1 Å². The van der Waals surface area contributed by atoms with E-state index < -0.39 is 4.92 Å². The van der Waals surface area contributed by atoms with E-state index in [1.807, 2.05) is 24.3 Å². The molecule has 3 aromatic rings. The molecule has 0 atom stereocenters. The highest BCUT2D eigenvalue weighted by Crippen LogP contribution is 2.20. The number of rotatable bonds is 6. The van der Waals surface area contributed by atoms with Crippen LogP contribution in [0.1, 0.15) is 11.1 Å². The molecule has 10 nitrogen and oxygen atoms in total. The second-order valence-corrected chi connectivity index (χ2v) is 7.32. The Morgan fingerprint density at radius 2 is 1.68 bits per heavy atom. The number of nitrogens with one attached hydrogen (secondary N) is 1. The highest BCUT2D eigenvalue weighted by molar-refractivity contribution is 5.74. The van der Waals surface area contributed by atoms with E-state index in [1.54, 1.807) is 28.0 Å². The fourth-order valence-corrected chi connectivity index (χ4v) is 3.51. The molecule has 2 aromatic carbocycles. The Hall–Kier alpha value is -3.95. The van der Waals surface area contributed by atoms with Crippen LogP contribution in [0.5, 0.6) is 0 Å². The molecule has 0 unspecified atom stereocenters. The fourth-order valence-electron chi connectivity index (χ4n) is 3.51. The van der Waals surface area contributed by atoms with Gasteiger partial charge in [-0.25, -0.2) is 14.5 Å². The summed E-state index contributed by atoms with van der Waals surface area (Å²) < 4.78 is 1.76. The van der Waals surface area contributed by atoms with Crippen LogP contribution in [-0.4, -0.2) is 56.8 Å². The molecule has 10 heteroatoms. The Labute approximate surface area is 179 Å². The van der Waals surface area contributed by atoms with Crippen LogP contribution in [0, 0.1) is 10.1 Å². The van der Waals surface area contributed by atoms with E-state index in [1.165, 1.54) is 18.5 Å². The number of benzene rings is 2. The van der Waals surface area contributed by atoms with Gasteiger partial charge in [0, 0.05) is 50.5 Å². The molecular formula is C21H23N7O3. The summed E-state index contributed by atoms with van der Waals surface area (Å²) in [4.78, 5) is 30.7. The van der Waals surface area contributed by atoms with Crippen LogP contribution in [-0.2, 0) is 13.1 Å². The molecule has 1 N–H and O–H groups in total. The lowest BCUT2D eigenvalue weighted by atomic mass is 10.1. The summed E-state index contributed by atoms with van der Waals surface area (Å²) in [6.45, 7) is 3.68. The SMILES string of the molecule is O=C(NCc1ccc(Cn2cncn2)cc1)N1CCN(c2ccc([N+](=O)[O-])cc2)CC1. The van der Waals surface area contributed by atoms with E-state index in [4.69, 9.17) is 0 Å². The number of carbonyl (C=O) groups is 1. The molecular weight excluding hydrogens is 398 g/mol. The van der Waals surface area contributed by atoms with Crippen LogP contribution >= 0.6 is 0 Å². The number of non-ortho nitro benzene ring substituents is 1. The fraction of sp³-hybridized carbons (Fsp3) is 0.286. The number of carbonyl (C=O) groups excluding carboxylic acids is 1. The molecule has 0 spiro atoms. The number of nitro groups is 1. The molecule has 0 bridgehead atoms. The van der Waals surface area contributed by atoms with E-state index in [2.05, 4.69) is 20.3 Å². The first-order valence-corrected chi connectivity index (χ1v) is 10.0. The first kappa shape index (κ1) is 20.3. The van der Waals surface area contributed by atoms with Crippen LogP contribution in [0.4, 0.5) is 16.2 Å². The molecule has 0 radical (unpaired) electrons. The van der Waals surface area contributed by atoms with Crippen molar-refractivity contribution in [1.29, 1.82) is 0 Å². The molecule has 1 aromatic heterocycles. The lowest BCUT2D eigenvalue weighted by Gasteiger charge is -2.36. The van der Waals surface area contributed by atoms with Gasteiger partial charge in [0.05, 0.1) is 11.5 Å². The van der Waals surface area contributed by atoms with Crippen molar-refractivity contribution in [2.24, 2.45) is 0 Å². The molecule has 31 heavy (non-hydrogen) atoms. The Kier molecular flexibility index (Phi) is 6.06. The lowest BCUT2D eigenvalue weighted by molar-refractivity contribution is -0.384. The predicted molar refractivity (Wildman–Crippen MR) is 115 cm³/mol. The van der Waals surface area contributed by atoms with Gasteiger partial charge < -0.3 is 15.1 Å². The third-order valence-electron chi connectivity index (χ3n) is 5.27. The van der Waals surface area contributed by atoms with Crippen molar-refractivity contribution in [2.75, 3.05) is 31.1 Å². The highest BCUT2D eigenvalue weighted by Gasteiger charge is 2.21. The van der Waals surface area contributed by atoms with Gasteiger partial charge in [0.2, 0.25) is 0 Å². The van der Waals surface area contributed by atoms with Crippen molar-refractivity contribution in [1.82, 2.24) is 25.0 Å². The van der Waals surface area contributed by atoms with Crippen molar-refractivity contribution in [3.8, 4) is 0 Å². The van der Waals surface area contributed by atoms with Gasteiger partial charge in [-0.2, -0.15) is 5.10 Å². The maximum absolute atomic E-state index is 12.5. The first-order valence-electron chi connectivity index (χ1n) is 10.0. The average Bonchev–Trinajstić information content (AvgIpc) is 3.32. The summed E-state index contributed by atoms with van der Waals surface area (Å²) in [6, 6.07) is 14.5. The number of urea groups is 1. The summed E-state index contributed by atoms with van der Waals surface area (Å²) in [6.07, 6.45) is 3.19.